The Balaban J connectivity index is 1.86. The van der Waals surface area contributed by atoms with Crippen molar-refractivity contribution in [2.75, 3.05) is 7.11 Å². The number of rotatable bonds is 7. The highest BCUT2D eigenvalue weighted by Crippen LogP contribution is 2.29. The van der Waals surface area contributed by atoms with E-state index in [1.807, 2.05) is 0 Å². The van der Waals surface area contributed by atoms with Crippen LogP contribution in [-0.2, 0) is 6.61 Å². The van der Waals surface area contributed by atoms with Crippen LogP contribution in [-0.4, -0.2) is 33.1 Å². The number of halogens is 1. The van der Waals surface area contributed by atoms with Crippen molar-refractivity contribution in [1.82, 2.24) is 14.9 Å². The van der Waals surface area contributed by atoms with E-state index in [4.69, 9.17) is 21.7 Å². The molecule has 3 aromatic rings. The number of ether oxygens (including phenoxy) is 2. The number of aromatic amines is 1. The zero-order chi connectivity index (χ0) is 21.0. The van der Waals surface area contributed by atoms with Gasteiger partial charge in [-0.3, -0.25) is 15.2 Å². The van der Waals surface area contributed by atoms with Gasteiger partial charge in [0.2, 0.25) is 4.77 Å². The summed E-state index contributed by atoms with van der Waals surface area (Å²) in [6.07, 6.45) is 1.58. The molecule has 1 N–H and O–H groups in total. The number of nitrogens with zero attached hydrogens (tertiary/aromatic N) is 4. The van der Waals surface area contributed by atoms with Gasteiger partial charge in [0.1, 0.15) is 24.0 Å². The molecule has 0 amide bonds. The Bertz CT molecular complexity index is 1140. The highest BCUT2D eigenvalue weighted by molar-refractivity contribution is 7.71. The molecule has 1 aromatic heterocycles. The lowest BCUT2D eigenvalue weighted by Gasteiger charge is -2.11. The molecule has 0 fully saturated rings. The highest BCUT2D eigenvalue weighted by Gasteiger charge is 2.17. The summed E-state index contributed by atoms with van der Waals surface area (Å²) >= 11 is 5.10. The molecular formula is C18H16FN5O4S. The largest absolute Gasteiger partial charge is 0.496 e. The summed E-state index contributed by atoms with van der Waals surface area (Å²) in [5, 5.41) is 22.0. The van der Waals surface area contributed by atoms with Gasteiger partial charge in [0.15, 0.2) is 5.75 Å². The van der Waals surface area contributed by atoms with E-state index in [9.17, 15) is 14.5 Å². The van der Waals surface area contributed by atoms with Crippen LogP contribution in [0.3, 0.4) is 0 Å². The van der Waals surface area contributed by atoms with Gasteiger partial charge in [0, 0.05) is 17.7 Å². The summed E-state index contributed by atoms with van der Waals surface area (Å²) in [4.78, 5) is 10.5. The van der Waals surface area contributed by atoms with Crippen molar-refractivity contribution in [2.24, 2.45) is 5.10 Å². The van der Waals surface area contributed by atoms with E-state index in [0.717, 1.165) is 18.2 Å². The summed E-state index contributed by atoms with van der Waals surface area (Å²) in [6.45, 7) is 1.68. The van der Waals surface area contributed by atoms with E-state index >= 15 is 0 Å². The van der Waals surface area contributed by atoms with E-state index in [1.165, 1.54) is 11.8 Å². The van der Waals surface area contributed by atoms with Crippen LogP contribution in [0.1, 0.15) is 17.0 Å². The standard InChI is InChI=1S/C18H16FN5O4S/c1-11-21-22-18(29)23(11)20-9-12-3-6-16(27-2)13(7-12)10-28-17-8-14(19)4-5-15(17)24(25)26/h3-9H,10H2,1-2H3,(H,22,29)/b20-9-. The number of nitrogens with one attached hydrogen (secondary N) is 1. The first-order chi connectivity index (χ1) is 13.9. The minimum Gasteiger partial charge on any atom is -0.496 e. The molecule has 0 aliphatic heterocycles. The third-order valence-electron chi connectivity index (χ3n) is 3.94. The number of aryl methyl sites for hydroxylation is 1. The van der Waals surface area contributed by atoms with Crippen LogP contribution in [0.25, 0.3) is 0 Å². The number of nitro groups is 1. The first-order valence-electron chi connectivity index (χ1n) is 8.31. The first kappa shape index (κ1) is 20.1. The van der Waals surface area contributed by atoms with Crippen molar-refractivity contribution in [3.63, 3.8) is 0 Å². The van der Waals surface area contributed by atoms with Crippen LogP contribution in [0, 0.1) is 27.6 Å². The topological polar surface area (TPSA) is 108 Å². The van der Waals surface area contributed by atoms with Crippen LogP contribution >= 0.6 is 12.2 Å². The van der Waals surface area contributed by atoms with Gasteiger partial charge in [-0.15, -0.1) is 0 Å². The van der Waals surface area contributed by atoms with Crippen molar-refractivity contribution >= 4 is 24.1 Å². The molecule has 3 rings (SSSR count). The Morgan fingerprint density at radius 1 is 1.34 bits per heavy atom. The molecule has 2 aromatic carbocycles. The minimum atomic E-state index is -0.634. The molecule has 0 saturated heterocycles. The van der Waals surface area contributed by atoms with E-state index < -0.39 is 10.7 Å². The smallest absolute Gasteiger partial charge is 0.311 e. The molecule has 0 bridgehead atoms. The monoisotopic (exact) mass is 417 g/mol. The van der Waals surface area contributed by atoms with E-state index in [1.54, 1.807) is 31.3 Å². The van der Waals surface area contributed by atoms with Crippen LogP contribution in [0.4, 0.5) is 10.1 Å². The predicted molar refractivity (Wildman–Crippen MR) is 106 cm³/mol. The molecule has 1 heterocycles. The fraction of sp³-hybridized carbons (Fsp3) is 0.167. The summed E-state index contributed by atoms with van der Waals surface area (Å²) in [5.74, 6) is 0.307. The van der Waals surface area contributed by atoms with Gasteiger partial charge in [-0.05, 0) is 49.0 Å². The average Bonchev–Trinajstić information content (AvgIpc) is 3.02. The number of H-pyrrole nitrogens is 1. The Morgan fingerprint density at radius 3 is 2.79 bits per heavy atom. The van der Waals surface area contributed by atoms with Crippen LogP contribution in [0.2, 0.25) is 0 Å². The van der Waals surface area contributed by atoms with Gasteiger partial charge in [0.05, 0.1) is 18.2 Å². The molecule has 0 aliphatic carbocycles. The first-order valence-corrected chi connectivity index (χ1v) is 8.72. The lowest BCUT2D eigenvalue weighted by atomic mass is 10.1. The molecule has 11 heteroatoms. The fourth-order valence-electron chi connectivity index (χ4n) is 2.53. The molecule has 9 nitrogen and oxygen atoms in total. The molecule has 0 aliphatic rings. The summed E-state index contributed by atoms with van der Waals surface area (Å²) < 4.78 is 26.1. The lowest BCUT2D eigenvalue weighted by Crippen LogP contribution is -2.03. The zero-order valence-electron chi connectivity index (χ0n) is 15.5. The summed E-state index contributed by atoms with van der Waals surface area (Å²) in [5.41, 5.74) is 0.982. The van der Waals surface area contributed by atoms with Crippen LogP contribution < -0.4 is 9.47 Å². The molecule has 0 saturated carbocycles. The maximum Gasteiger partial charge on any atom is 0.311 e. The molecular weight excluding hydrogens is 401 g/mol. The van der Waals surface area contributed by atoms with Gasteiger partial charge in [-0.1, -0.05) is 0 Å². The SMILES string of the molecule is COc1ccc(/C=N\n2c(C)n[nH]c2=S)cc1COc1cc(F)ccc1[N+](=O)[O-]. The molecule has 150 valence electrons. The fourth-order valence-corrected chi connectivity index (χ4v) is 2.76. The van der Waals surface area contributed by atoms with Crippen molar-refractivity contribution in [1.29, 1.82) is 0 Å². The van der Waals surface area contributed by atoms with Crippen molar-refractivity contribution in [3.8, 4) is 11.5 Å². The zero-order valence-corrected chi connectivity index (χ0v) is 16.3. The predicted octanol–water partition coefficient (Wildman–Crippen LogP) is 3.77. The number of benzene rings is 2. The normalized spacial score (nSPS) is 11.0. The van der Waals surface area contributed by atoms with Crippen molar-refractivity contribution in [3.05, 3.63) is 74.1 Å². The Hall–Kier alpha value is -3.60. The second-order valence-electron chi connectivity index (χ2n) is 5.86. The van der Waals surface area contributed by atoms with E-state index in [2.05, 4.69) is 15.3 Å². The van der Waals surface area contributed by atoms with Crippen molar-refractivity contribution < 1.29 is 18.8 Å². The van der Waals surface area contributed by atoms with Gasteiger partial charge in [0.25, 0.3) is 0 Å². The molecule has 0 radical (unpaired) electrons. The highest BCUT2D eigenvalue weighted by atomic mass is 32.1. The van der Waals surface area contributed by atoms with Gasteiger partial charge < -0.3 is 9.47 Å². The van der Waals surface area contributed by atoms with Crippen molar-refractivity contribution in [2.45, 2.75) is 13.5 Å². The van der Waals surface area contributed by atoms with Gasteiger partial charge >= 0.3 is 5.69 Å². The second-order valence-corrected chi connectivity index (χ2v) is 6.25. The number of nitro benzene ring substituents is 1. The second kappa shape index (κ2) is 8.61. The Labute approximate surface area is 169 Å². The number of hydrogen-bond donors (Lipinski definition) is 1. The number of hydrogen-bond acceptors (Lipinski definition) is 7. The number of aromatic nitrogens is 3. The molecule has 0 unspecified atom stereocenters. The average molecular weight is 417 g/mol. The maximum absolute atomic E-state index is 13.5. The third kappa shape index (κ3) is 4.63. The van der Waals surface area contributed by atoms with Gasteiger partial charge in [-0.2, -0.15) is 14.9 Å². The third-order valence-corrected chi connectivity index (χ3v) is 4.20. The lowest BCUT2D eigenvalue weighted by molar-refractivity contribution is -0.386. The van der Waals surface area contributed by atoms with Gasteiger partial charge in [-0.25, -0.2) is 4.39 Å². The van der Waals surface area contributed by atoms with E-state index in [0.29, 0.717) is 27.5 Å². The van der Waals surface area contributed by atoms with Crippen LogP contribution in [0.15, 0.2) is 41.5 Å². The molecule has 0 atom stereocenters. The number of methoxy groups -OCH3 is 1. The Kier molecular flexibility index (Phi) is 5.98. The molecule has 0 spiro atoms. The van der Waals surface area contributed by atoms with Crippen LogP contribution in [0.5, 0.6) is 11.5 Å². The van der Waals surface area contributed by atoms with E-state index in [-0.39, 0.29) is 18.0 Å². The summed E-state index contributed by atoms with van der Waals surface area (Å²) in [6, 6.07) is 8.26. The molecule has 29 heavy (non-hydrogen) atoms. The minimum absolute atomic E-state index is 0.0701. The maximum atomic E-state index is 13.5. The summed E-state index contributed by atoms with van der Waals surface area (Å²) in [7, 11) is 1.49. The Morgan fingerprint density at radius 2 is 2.14 bits per heavy atom. The quantitative estimate of drug-likeness (QED) is 0.271.